The monoisotopic (exact) mass is 791 g/mol. The maximum absolute atomic E-state index is 16.4. The van der Waals surface area contributed by atoms with E-state index >= 15 is 8.78 Å². The van der Waals surface area contributed by atoms with Gasteiger partial charge in [0.15, 0.2) is 36.3 Å². The SMILES string of the molecule is NCCNc1nc(N)c2ncn([C@@H]3O[C@@H]4COP(=O)(S)O[C@H]5[C@@H](F)[C@H](n6cc7c8c(ncnc86)NCCC7)O[C@@H]5COP(=O)(S)O[C@@H]3[C@@H]4F)c2n1. The lowest BCUT2D eigenvalue weighted by atomic mass is 10.1. The fraction of sp³-hybridized carbons (Fsp3) is 0.577. The molecule has 4 aliphatic heterocycles. The molecule has 3 fully saturated rings. The van der Waals surface area contributed by atoms with Crippen molar-refractivity contribution in [1.82, 2.24) is 34.1 Å². The Labute approximate surface area is 298 Å². The van der Waals surface area contributed by atoms with Crippen molar-refractivity contribution in [2.24, 2.45) is 5.73 Å². The number of hydrogen-bond acceptors (Lipinski definition) is 17. The molecular formula is C26H33F2N11O8P2S2. The van der Waals surface area contributed by atoms with E-state index in [4.69, 9.17) is 39.0 Å². The number of hydrogen-bond donors (Lipinski definition) is 6. The van der Waals surface area contributed by atoms with Gasteiger partial charge in [0.2, 0.25) is 5.95 Å². The van der Waals surface area contributed by atoms with E-state index < -0.39 is 76.0 Å². The summed E-state index contributed by atoms with van der Waals surface area (Å²) in [5.74, 6) is 0.731. The van der Waals surface area contributed by atoms with Gasteiger partial charge in [-0.15, -0.1) is 0 Å². The zero-order valence-electron chi connectivity index (χ0n) is 26.4. The smallest absolute Gasteiger partial charge is 0.382 e. The number of aromatic nitrogens is 7. The molecule has 51 heavy (non-hydrogen) atoms. The van der Waals surface area contributed by atoms with Crippen molar-refractivity contribution in [3.05, 3.63) is 24.4 Å². The van der Waals surface area contributed by atoms with Crippen LogP contribution < -0.4 is 22.1 Å². The highest BCUT2D eigenvalue weighted by molar-refractivity contribution is 8.44. The van der Waals surface area contributed by atoms with E-state index in [0.29, 0.717) is 31.0 Å². The van der Waals surface area contributed by atoms with E-state index in [1.165, 1.54) is 21.8 Å². The molecule has 3 saturated heterocycles. The van der Waals surface area contributed by atoms with E-state index in [0.717, 1.165) is 17.4 Å². The lowest BCUT2D eigenvalue weighted by Gasteiger charge is -2.26. The summed E-state index contributed by atoms with van der Waals surface area (Å²) in [6.07, 6.45) is -7.06. The van der Waals surface area contributed by atoms with Crippen molar-refractivity contribution in [3.63, 3.8) is 0 Å². The third kappa shape index (κ3) is 6.60. The second-order valence-corrected chi connectivity index (χ2v) is 17.9. The first-order valence-electron chi connectivity index (χ1n) is 15.9. The molecule has 0 spiro atoms. The van der Waals surface area contributed by atoms with Gasteiger partial charge >= 0.3 is 13.6 Å². The van der Waals surface area contributed by atoms with Crippen molar-refractivity contribution < 1.29 is 45.5 Å². The molecule has 0 aliphatic carbocycles. The fourth-order valence-corrected chi connectivity index (χ4v) is 9.53. The van der Waals surface area contributed by atoms with Gasteiger partial charge in [0.1, 0.15) is 47.7 Å². The van der Waals surface area contributed by atoms with Gasteiger partial charge in [0.05, 0.1) is 24.9 Å². The van der Waals surface area contributed by atoms with Crippen LogP contribution in [0.25, 0.3) is 22.2 Å². The van der Waals surface area contributed by atoms with Crippen LogP contribution in [0.15, 0.2) is 18.9 Å². The summed E-state index contributed by atoms with van der Waals surface area (Å²) in [4.78, 5) is 21.5. The van der Waals surface area contributed by atoms with Crippen molar-refractivity contribution in [2.75, 3.05) is 49.2 Å². The Hall–Kier alpha value is -2.69. The number of fused-ring (bicyclic) bond motifs is 4. The first-order valence-corrected chi connectivity index (χ1v) is 21.2. The maximum atomic E-state index is 16.4. The van der Waals surface area contributed by atoms with Gasteiger partial charge in [0, 0.05) is 25.8 Å². The van der Waals surface area contributed by atoms with Gasteiger partial charge in [0.25, 0.3) is 0 Å². The molecule has 2 bridgehead atoms. The minimum Gasteiger partial charge on any atom is -0.382 e. The van der Waals surface area contributed by atoms with Crippen LogP contribution in [0, 0.1) is 0 Å². The molecule has 19 nitrogen and oxygen atoms in total. The van der Waals surface area contributed by atoms with E-state index in [2.05, 4.69) is 60.1 Å². The maximum Gasteiger partial charge on any atom is 0.386 e. The van der Waals surface area contributed by atoms with Gasteiger partial charge < -0.3 is 36.1 Å². The van der Waals surface area contributed by atoms with Crippen LogP contribution in [0.4, 0.5) is 26.4 Å². The van der Waals surface area contributed by atoms with Crippen molar-refractivity contribution >= 4 is 77.9 Å². The molecule has 0 amide bonds. The lowest BCUT2D eigenvalue weighted by Crippen LogP contribution is -2.33. The third-order valence-electron chi connectivity index (χ3n) is 8.87. The van der Waals surface area contributed by atoms with E-state index in [1.807, 2.05) is 0 Å². The second kappa shape index (κ2) is 13.6. The Kier molecular flexibility index (Phi) is 9.44. The number of nitrogens with one attached hydrogen (secondary N) is 2. The van der Waals surface area contributed by atoms with E-state index in [1.54, 1.807) is 6.20 Å². The highest BCUT2D eigenvalue weighted by Crippen LogP contribution is 2.60. The fourth-order valence-electron chi connectivity index (χ4n) is 6.60. The Bertz CT molecular complexity index is 2070. The summed E-state index contributed by atoms with van der Waals surface area (Å²) in [6, 6.07) is 0. The van der Waals surface area contributed by atoms with Crippen LogP contribution in [0.3, 0.4) is 0 Å². The Morgan fingerprint density at radius 1 is 0.961 bits per heavy atom. The number of anilines is 3. The molecule has 6 N–H and O–H groups in total. The van der Waals surface area contributed by atoms with Gasteiger partial charge in [-0.1, -0.05) is 24.5 Å². The second-order valence-electron chi connectivity index (χ2n) is 12.2. The minimum atomic E-state index is -4.47. The lowest BCUT2D eigenvalue weighted by molar-refractivity contribution is -0.0563. The molecule has 4 aliphatic rings. The van der Waals surface area contributed by atoms with Gasteiger partial charge in [-0.3, -0.25) is 22.7 Å². The van der Waals surface area contributed by atoms with Crippen molar-refractivity contribution in [2.45, 2.75) is 62.1 Å². The van der Waals surface area contributed by atoms with Crippen LogP contribution >= 0.6 is 38.1 Å². The van der Waals surface area contributed by atoms with Gasteiger partial charge in [-0.25, -0.2) is 32.9 Å². The number of nitrogens with two attached hydrogens (primary N) is 2. The molecule has 276 valence electrons. The zero-order chi connectivity index (χ0) is 35.7. The summed E-state index contributed by atoms with van der Waals surface area (Å²) in [5.41, 5.74) is 13.2. The Morgan fingerprint density at radius 3 is 2.49 bits per heavy atom. The first kappa shape index (κ1) is 35.3. The Morgan fingerprint density at radius 2 is 1.71 bits per heavy atom. The average Bonchev–Trinajstić information content (AvgIpc) is 3.79. The van der Waals surface area contributed by atoms with Crippen molar-refractivity contribution in [1.29, 1.82) is 0 Å². The predicted molar refractivity (Wildman–Crippen MR) is 184 cm³/mol. The molecule has 4 aromatic heterocycles. The quantitative estimate of drug-likeness (QED) is 0.126. The molecule has 0 radical (unpaired) electrons. The topological polar surface area (TPSA) is 240 Å². The van der Waals surface area contributed by atoms with Crippen LogP contribution in [-0.2, 0) is 43.1 Å². The standard InChI is InChI=1S/C26H33F2N11O8P2S2/c27-15-12-7-42-48(40,50)46-18-13(45-24(16(18)28)38-6-11-2-1-4-31-21-14(11)22(38)34-9-33-21)8-43-49(41,51)47-19(15)25(44-12)39-10-35-17-20(30)36-26(32-5-3-29)37-23(17)39/h6,9-10,12-13,15-16,18-19,24-25H,1-5,7-8,29H2,(H,40,50)(H,41,51)(H,31,33,34)(H3,30,32,36,37)/t12-,13-,15-,16-,18-,19-,24-,25-,48?,49?/m1/s1. The number of imidazole rings is 1. The van der Waals surface area contributed by atoms with Crippen molar-refractivity contribution in [3.8, 4) is 0 Å². The van der Waals surface area contributed by atoms with Crippen LogP contribution in [0.1, 0.15) is 24.4 Å². The molecule has 10 atom stereocenters. The highest BCUT2D eigenvalue weighted by Gasteiger charge is 2.54. The molecule has 0 aromatic carbocycles. The first-order chi connectivity index (χ1) is 24.4. The molecule has 8 rings (SSSR count). The highest BCUT2D eigenvalue weighted by atomic mass is 32.7. The molecule has 8 heterocycles. The molecule has 2 unspecified atom stereocenters. The summed E-state index contributed by atoms with van der Waals surface area (Å²) in [5, 5.41) is 6.88. The van der Waals surface area contributed by atoms with Crippen LogP contribution in [0.2, 0.25) is 0 Å². The van der Waals surface area contributed by atoms with Gasteiger partial charge in [-0.2, -0.15) is 9.97 Å². The molecule has 0 saturated carbocycles. The predicted octanol–water partition coefficient (Wildman–Crippen LogP) is 2.95. The molecular weight excluding hydrogens is 758 g/mol. The molecule has 25 heteroatoms. The number of thiol groups is 2. The number of nitrogen functional groups attached to an aromatic ring is 1. The largest absolute Gasteiger partial charge is 0.386 e. The third-order valence-corrected chi connectivity index (χ3v) is 12.1. The normalized spacial score (nSPS) is 35.8. The average molecular weight is 792 g/mol. The number of rotatable bonds is 5. The minimum absolute atomic E-state index is 0.0106. The number of aryl methyl sites for hydroxylation is 1. The number of alkyl halides is 2. The zero-order valence-corrected chi connectivity index (χ0v) is 30.0. The van der Waals surface area contributed by atoms with Crippen LogP contribution in [0.5, 0.6) is 0 Å². The van der Waals surface area contributed by atoms with Gasteiger partial charge in [-0.05, 0) is 18.4 Å². The van der Waals surface area contributed by atoms with Crippen LogP contribution in [-0.4, -0.2) is 104 Å². The summed E-state index contributed by atoms with van der Waals surface area (Å²) in [6.45, 7) is -8.94. The molecule has 4 aromatic rings. The van der Waals surface area contributed by atoms with E-state index in [-0.39, 0.29) is 29.5 Å². The summed E-state index contributed by atoms with van der Waals surface area (Å²) in [7, 11) is 0. The number of ether oxygens (including phenoxy) is 2. The number of nitrogens with zero attached hydrogens (tertiary/aromatic N) is 7. The number of halogens is 2. The van der Waals surface area contributed by atoms with E-state index in [9.17, 15) is 9.13 Å². The summed E-state index contributed by atoms with van der Waals surface area (Å²) < 4.78 is 97.0. The Balaban J connectivity index is 1.10. The summed E-state index contributed by atoms with van der Waals surface area (Å²) >= 11 is 8.18.